The zero-order valence-electron chi connectivity index (χ0n) is 10.8. The van der Waals surface area contributed by atoms with Crippen LogP contribution in [0, 0.1) is 10.7 Å². The zero-order chi connectivity index (χ0) is 14.8. The Morgan fingerprint density at radius 2 is 2.15 bits per heavy atom. The monoisotopic (exact) mass is 302 g/mol. The third-order valence-corrected chi connectivity index (χ3v) is 3.58. The average Bonchev–Trinajstić information content (AvgIpc) is 2.74. The molecule has 0 aliphatic carbocycles. The lowest BCUT2D eigenvalue weighted by Gasteiger charge is -2.16. The lowest BCUT2D eigenvalue weighted by molar-refractivity contribution is -0.137. The van der Waals surface area contributed by atoms with Crippen LogP contribution in [0.2, 0.25) is 0 Å². The van der Waals surface area contributed by atoms with Crippen LogP contribution >= 0.6 is 11.8 Å². The van der Waals surface area contributed by atoms with Crippen LogP contribution in [-0.2, 0) is 6.18 Å². The Morgan fingerprint density at radius 3 is 2.70 bits per heavy atom. The Labute approximate surface area is 119 Å². The minimum absolute atomic E-state index is 0.108. The van der Waals surface area contributed by atoms with E-state index >= 15 is 0 Å². The summed E-state index contributed by atoms with van der Waals surface area (Å²) in [4.78, 5) is 2.30. The molecule has 1 heterocycles. The molecule has 7 heteroatoms. The van der Waals surface area contributed by atoms with Gasteiger partial charge in [0.15, 0.2) is 0 Å². The number of alkyl halides is 3. The molecule has 0 saturated carbocycles. The lowest BCUT2D eigenvalue weighted by atomic mass is 10.2. The van der Waals surface area contributed by atoms with Gasteiger partial charge in [0, 0.05) is 18.0 Å². The molecule has 1 fully saturated rings. The maximum atomic E-state index is 12.8. The van der Waals surface area contributed by atoms with E-state index in [1.54, 1.807) is 5.40 Å². The highest BCUT2D eigenvalue weighted by Crippen LogP contribution is 2.35. The maximum absolute atomic E-state index is 12.8. The van der Waals surface area contributed by atoms with Crippen LogP contribution in [0.25, 0.3) is 0 Å². The van der Waals surface area contributed by atoms with Gasteiger partial charge in [-0.1, -0.05) is 0 Å². The largest absolute Gasteiger partial charge is 0.489 e. The van der Waals surface area contributed by atoms with Crippen LogP contribution < -0.4 is 4.74 Å². The fourth-order valence-electron chi connectivity index (χ4n) is 2.10. The molecule has 0 spiro atoms. The summed E-state index contributed by atoms with van der Waals surface area (Å²) in [7, 11) is 1.94. The van der Waals surface area contributed by atoms with Gasteiger partial charge in [0.25, 0.3) is 0 Å². The van der Waals surface area contributed by atoms with E-state index in [0.29, 0.717) is 18.3 Å². The highest BCUT2D eigenvalue weighted by atomic mass is 32.2. The summed E-state index contributed by atoms with van der Waals surface area (Å²) in [5, 5.41) is 10.4. The van der Waals surface area contributed by atoms with Crippen molar-refractivity contribution in [3.05, 3.63) is 23.8 Å². The molecule has 1 aromatic carbocycles. The normalized spacial score (nSPS) is 19.9. The van der Waals surface area contributed by atoms with E-state index in [0.717, 1.165) is 25.1 Å². The molecule has 1 saturated heterocycles. The molecule has 1 aromatic rings. The van der Waals surface area contributed by atoms with Crippen LogP contribution in [0.3, 0.4) is 0 Å². The number of hydrogen-bond acceptors (Lipinski definition) is 4. The summed E-state index contributed by atoms with van der Waals surface area (Å²) < 4.78 is 44.0. The van der Waals surface area contributed by atoms with Crippen LogP contribution in [0.5, 0.6) is 5.75 Å². The predicted molar refractivity (Wildman–Crippen MR) is 69.4 cm³/mol. The number of thiocyanates is 1. The van der Waals surface area contributed by atoms with E-state index in [1.807, 2.05) is 7.05 Å². The first-order valence-electron chi connectivity index (χ1n) is 6.02. The first kappa shape index (κ1) is 15.0. The Bertz CT molecular complexity index is 527. The minimum atomic E-state index is -4.45. The topological polar surface area (TPSA) is 36.3 Å². The fraction of sp³-hybridized carbons (Fsp3) is 0.462. The van der Waals surface area contributed by atoms with Crippen molar-refractivity contribution in [2.75, 3.05) is 20.1 Å². The number of ether oxygens (including phenoxy) is 1. The molecule has 0 amide bonds. The first-order valence-corrected chi connectivity index (χ1v) is 6.83. The number of halogens is 3. The summed E-state index contributed by atoms with van der Waals surface area (Å²) in [5.41, 5.74) is -0.792. The van der Waals surface area contributed by atoms with Crippen molar-refractivity contribution in [1.29, 1.82) is 5.26 Å². The van der Waals surface area contributed by atoms with E-state index in [2.05, 4.69) is 4.90 Å². The summed E-state index contributed by atoms with van der Waals surface area (Å²) in [6.45, 7) is 1.56. The summed E-state index contributed by atoms with van der Waals surface area (Å²) in [6.07, 6.45) is -3.77. The van der Waals surface area contributed by atoms with Crippen molar-refractivity contribution in [3.63, 3.8) is 0 Å². The Morgan fingerprint density at radius 1 is 1.40 bits per heavy atom. The van der Waals surface area contributed by atoms with Crippen molar-refractivity contribution >= 4 is 11.8 Å². The quantitative estimate of drug-likeness (QED) is 0.633. The Balaban J connectivity index is 2.23. The van der Waals surface area contributed by atoms with Gasteiger partial charge in [-0.05, 0) is 43.4 Å². The van der Waals surface area contributed by atoms with E-state index in [-0.39, 0.29) is 16.7 Å². The van der Waals surface area contributed by atoms with Crippen molar-refractivity contribution in [3.8, 4) is 11.2 Å². The number of nitrogens with zero attached hydrogens (tertiary/aromatic N) is 2. The number of likely N-dealkylation sites (N-methyl/N-ethyl adjacent to an activating group) is 1. The molecule has 0 N–H and O–H groups in total. The predicted octanol–water partition coefficient (Wildman–Crippen LogP) is 3.36. The summed E-state index contributed by atoms with van der Waals surface area (Å²) in [5.74, 6) is 0.165. The second kappa shape index (κ2) is 5.94. The second-order valence-electron chi connectivity index (χ2n) is 4.67. The molecule has 3 nitrogen and oxygen atoms in total. The van der Waals surface area contributed by atoms with Gasteiger partial charge in [-0.15, -0.1) is 0 Å². The number of likely N-dealkylation sites (tertiary alicyclic amines) is 1. The SMILES string of the molecule is CN1CC[C@H](Oc2cc(SC#N)cc(C(F)(F)F)c2)C1. The van der Waals surface area contributed by atoms with Gasteiger partial charge in [-0.3, -0.25) is 0 Å². The molecule has 0 unspecified atom stereocenters. The third kappa shape index (κ3) is 3.81. The average molecular weight is 302 g/mol. The molecule has 0 aromatic heterocycles. The second-order valence-corrected chi connectivity index (χ2v) is 5.53. The van der Waals surface area contributed by atoms with E-state index in [1.165, 1.54) is 6.07 Å². The van der Waals surface area contributed by atoms with Crippen LogP contribution in [-0.4, -0.2) is 31.1 Å². The number of hydrogen-bond donors (Lipinski definition) is 0. The molecule has 1 aliphatic rings. The molecule has 108 valence electrons. The lowest BCUT2D eigenvalue weighted by Crippen LogP contribution is -2.21. The summed E-state index contributed by atoms with van der Waals surface area (Å²) >= 11 is 0.693. The van der Waals surface area contributed by atoms with Crippen molar-refractivity contribution in [1.82, 2.24) is 4.90 Å². The van der Waals surface area contributed by atoms with Gasteiger partial charge < -0.3 is 9.64 Å². The number of thioether (sulfide) groups is 1. The van der Waals surface area contributed by atoms with Crippen LogP contribution in [0.4, 0.5) is 13.2 Å². The highest BCUT2D eigenvalue weighted by molar-refractivity contribution is 8.03. The molecular weight excluding hydrogens is 289 g/mol. The molecule has 2 rings (SSSR count). The third-order valence-electron chi connectivity index (χ3n) is 3.02. The van der Waals surface area contributed by atoms with Crippen LogP contribution in [0.15, 0.2) is 23.1 Å². The van der Waals surface area contributed by atoms with Crippen molar-refractivity contribution in [2.45, 2.75) is 23.6 Å². The van der Waals surface area contributed by atoms with Crippen molar-refractivity contribution in [2.24, 2.45) is 0 Å². The maximum Gasteiger partial charge on any atom is 0.416 e. The molecule has 1 atom stereocenters. The van der Waals surface area contributed by atoms with Gasteiger partial charge in [0.05, 0.1) is 5.56 Å². The fourth-order valence-corrected chi connectivity index (χ4v) is 2.56. The van der Waals surface area contributed by atoms with Gasteiger partial charge >= 0.3 is 6.18 Å². The van der Waals surface area contributed by atoms with E-state index in [9.17, 15) is 13.2 Å². The Hall–Kier alpha value is -1.39. The van der Waals surface area contributed by atoms with Gasteiger partial charge in [0.2, 0.25) is 0 Å². The molecule has 0 bridgehead atoms. The van der Waals surface area contributed by atoms with Crippen LogP contribution in [0.1, 0.15) is 12.0 Å². The Kier molecular flexibility index (Phi) is 4.45. The smallest absolute Gasteiger partial charge is 0.416 e. The standard InChI is InChI=1S/C13H13F3N2OS/c1-18-3-2-10(7-18)19-11-4-9(13(14,15)16)5-12(6-11)20-8-17/h4-6,10H,2-3,7H2,1H3/t10-/m0/s1. The van der Waals surface area contributed by atoms with E-state index < -0.39 is 11.7 Å². The number of nitriles is 1. The minimum Gasteiger partial charge on any atom is -0.489 e. The molecule has 1 aliphatic heterocycles. The van der Waals surface area contributed by atoms with Gasteiger partial charge in [-0.25, -0.2) is 0 Å². The molecular formula is C13H13F3N2OS. The van der Waals surface area contributed by atoms with E-state index in [4.69, 9.17) is 10.00 Å². The molecule has 0 radical (unpaired) electrons. The first-order chi connectivity index (χ1) is 9.38. The highest BCUT2D eigenvalue weighted by Gasteiger charge is 2.32. The summed E-state index contributed by atoms with van der Waals surface area (Å²) in [6, 6.07) is 3.42. The zero-order valence-corrected chi connectivity index (χ0v) is 11.6. The number of benzene rings is 1. The van der Waals surface area contributed by atoms with Gasteiger partial charge in [0.1, 0.15) is 17.3 Å². The van der Waals surface area contributed by atoms with Crippen molar-refractivity contribution < 1.29 is 17.9 Å². The molecule has 20 heavy (non-hydrogen) atoms. The van der Waals surface area contributed by atoms with Gasteiger partial charge in [-0.2, -0.15) is 18.4 Å². The number of rotatable bonds is 3.